The number of ether oxygens (including phenoxy) is 1. The van der Waals surface area contributed by atoms with Gasteiger partial charge in [-0.3, -0.25) is 15.1 Å². The van der Waals surface area contributed by atoms with Crippen molar-refractivity contribution in [1.29, 1.82) is 0 Å². The fourth-order valence-electron chi connectivity index (χ4n) is 3.39. The lowest BCUT2D eigenvalue weighted by molar-refractivity contribution is -0.124. The first-order valence-electron chi connectivity index (χ1n) is 12.7. The van der Waals surface area contributed by atoms with Crippen LogP contribution in [0.4, 0.5) is 22.0 Å². The second kappa shape index (κ2) is 15.0. The van der Waals surface area contributed by atoms with Gasteiger partial charge in [0.05, 0.1) is 32.0 Å². The molecular weight excluding hydrogens is 567 g/mol. The van der Waals surface area contributed by atoms with E-state index in [1.165, 1.54) is 31.1 Å². The van der Waals surface area contributed by atoms with E-state index in [2.05, 4.69) is 55.1 Å². The maximum Gasteiger partial charge on any atom is 0.401 e. The van der Waals surface area contributed by atoms with E-state index < -0.39 is 36.2 Å². The van der Waals surface area contributed by atoms with E-state index in [1.807, 2.05) is 13.8 Å². The summed E-state index contributed by atoms with van der Waals surface area (Å²) in [7, 11) is 1.32. The fraction of sp³-hybridized carbons (Fsp3) is 0.444. The molecule has 1 aliphatic heterocycles. The van der Waals surface area contributed by atoms with Gasteiger partial charge in [-0.05, 0) is 30.9 Å². The molecule has 2 fully saturated rings. The van der Waals surface area contributed by atoms with Crippen molar-refractivity contribution in [2.75, 3.05) is 20.2 Å². The Morgan fingerprint density at radius 3 is 2.56 bits per heavy atom. The zero-order chi connectivity index (χ0) is 30.0. The predicted octanol–water partition coefficient (Wildman–Crippen LogP) is 4.21. The third-order valence-corrected chi connectivity index (χ3v) is 6.42. The summed E-state index contributed by atoms with van der Waals surface area (Å²) in [6.45, 7) is 2.52. The van der Waals surface area contributed by atoms with Gasteiger partial charge in [-0.15, -0.1) is 0 Å². The minimum Gasteiger partial charge on any atom is -0.494 e. The number of pyridine rings is 2. The molecule has 1 saturated carbocycles. The number of hydrogen-bond donors (Lipinski definition) is 4. The Labute approximate surface area is 239 Å². The molecule has 3 heterocycles. The number of hydrogen-bond acceptors (Lipinski definition) is 8. The Hall–Kier alpha value is -3.43. The number of halogens is 5. The van der Waals surface area contributed by atoms with Crippen molar-refractivity contribution in [2.45, 2.75) is 50.2 Å². The number of nitrogens with one attached hydrogen (secondary N) is 4. The highest BCUT2D eigenvalue weighted by Crippen LogP contribution is 2.35. The molecule has 2 unspecified atom stereocenters. The summed E-state index contributed by atoms with van der Waals surface area (Å²) in [6, 6.07) is 2.49. The number of aromatic nitrogens is 2. The summed E-state index contributed by atoms with van der Waals surface area (Å²) in [5, 5.41) is 4.71. The van der Waals surface area contributed by atoms with Crippen LogP contribution in [0.1, 0.15) is 54.9 Å². The molecule has 2 aromatic rings. The Kier molecular flexibility index (Phi) is 11.7. The van der Waals surface area contributed by atoms with E-state index in [-0.39, 0.29) is 40.1 Å². The number of carbonyl (C=O) groups excluding carboxylic acids is 1. The predicted molar refractivity (Wildman–Crippen MR) is 146 cm³/mol. The van der Waals surface area contributed by atoms with E-state index in [0.717, 1.165) is 25.1 Å². The SMILES string of the molecule is CC.COc1cnc(C(F)F)cc1-c1cc(C#CCNCC(F)(F)F)ncc1C(=O)NC1NNC(C#CC2CC2)S1. The number of nitrogens with zero attached hydrogens (tertiary/aromatic N) is 2. The highest BCUT2D eigenvalue weighted by molar-refractivity contribution is 8.00. The number of carbonyl (C=O) groups is 1. The Morgan fingerprint density at radius 1 is 1.15 bits per heavy atom. The molecule has 220 valence electrons. The smallest absolute Gasteiger partial charge is 0.401 e. The van der Waals surface area contributed by atoms with Gasteiger partial charge in [0.15, 0.2) is 0 Å². The lowest BCUT2D eigenvalue weighted by Crippen LogP contribution is -2.43. The van der Waals surface area contributed by atoms with Gasteiger partial charge in [0.25, 0.3) is 12.3 Å². The van der Waals surface area contributed by atoms with Crippen LogP contribution in [0.2, 0.25) is 0 Å². The van der Waals surface area contributed by atoms with Gasteiger partial charge in [-0.25, -0.2) is 24.6 Å². The maximum atomic E-state index is 13.5. The van der Waals surface area contributed by atoms with Gasteiger partial charge in [-0.1, -0.05) is 43.4 Å². The molecule has 2 aliphatic rings. The number of hydrazine groups is 1. The number of amides is 1. The van der Waals surface area contributed by atoms with Crippen LogP contribution in [0.25, 0.3) is 11.1 Å². The molecule has 4 rings (SSSR count). The Morgan fingerprint density at radius 2 is 1.90 bits per heavy atom. The minimum absolute atomic E-state index is 0.0374. The second-order valence-electron chi connectivity index (χ2n) is 8.47. The van der Waals surface area contributed by atoms with Gasteiger partial charge < -0.3 is 10.1 Å². The highest BCUT2D eigenvalue weighted by Gasteiger charge is 2.28. The average Bonchev–Trinajstić information content (AvgIpc) is 3.68. The van der Waals surface area contributed by atoms with Crippen molar-refractivity contribution in [1.82, 2.24) is 31.5 Å². The molecule has 8 nitrogen and oxygen atoms in total. The van der Waals surface area contributed by atoms with E-state index >= 15 is 0 Å². The maximum absolute atomic E-state index is 13.5. The molecule has 0 radical (unpaired) electrons. The molecule has 0 bridgehead atoms. The largest absolute Gasteiger partial charge is 0.494 e. The molecule has 14 heteroatoms. The highest BCUT2D eigenvalue weighted by atomic mass is 32.2. The zero-order valence-electron chi connectivity index (χ0n) is 22.5. The molecule has 41 heavy (non-hydrogen) atoms. The van der Waals surface area contributed by atoms with Crippen LogP contribution in [0, 0.1) is 29.6 Å². The van der Waals surface area contributed by atoms with Gasteiger partial charge in [0, 0.05) is 23.2 Å². The van der Waals surface area contributed by atoms with Crippen LogP contribution in [0.3, 0.4) is 0 Å². The van der Waals surface area contributed by atoms with Gasteiger partial charge in [-0.2, -0.15) is 13.2 Å². The van der Waals surface area contributed by atoms with Gasteiger partial charge in [0.1, 0.15) is 28.0 Å². The van der Waals surface area contributed by atoms with Crippen LogP contribution in [-0.4, -0.2) is 53.1 Å². The molecule has 1 aliphatic carbocycles. The van der Waals surface area contributed by atoms with Crippen LogP contribution in [0.5, 0.6) is 5.75 Å². The fourth-order valence-corrected chi connectivity index (χ4v) is 4.25. The summed E-state index contributed by atoms with van der Waals surface area (Å²) >= 11 is 1.35. The lowest BCUT2D eigenvalue weighted by atomic mass is 9.99. The molecule has 0 spiro atoms. The van der Waals surface area contributed by atoms with Crippen molar-refractivity contribution >= 4 is 17.7 Å². The normalized spacial score (nSPS) is 17.9. The first kappa shape index (κ1) is 32.1. The number of alkyl halides is 5. The molecule has 2 aromatic heterocycles. The second-order valence-corrected chi connectivity index (χ2v) is 9.68. The molecule has 4 N–H and O–H groups in total. The first-order valence-corrected chi connectivity index (χ1v) is 13.6. The van der Waals surface area contributed by atoms with Crippen molar-refractivity contribution in [3.05, 3.63) is 41.5 Å². The summed E-state index contributed by atoms with van der Waals surface area (Å²) in [5.41, 5.74) is 5.31. The molecule has 0 aromatic carbocycles. The quantitative estimate of drug-likeness (QED) is 0.214. The number of thioether (sulfide) groups is 1. The summed E-state index contributed by atoms with van der Waals surface area (Å²) in [4.78, 5) is 21.1. The third-order valence-electron chi connectivity index (χ3n) is 5.40. The van der Waals surface area contributed by atoms with Crippen molar-refractivity contribution in [2.24, 2.45) is 5.92 Å². The summed E-state index contributed by atoms with van der Waals surface area (Å²) < 4.78 is 69.2. The molecule has 1 saturated heterocycles. The van der Waals surface area contributed by atoms with Crippen LogP contribution in [0.15, 0.2) is 24.5 Å². The lowest BCUT2D eigenvalue weighted by Gasteiger charge is -2.16. The third kappa shape index (κ3) is 9.86. The minimum atomic E-state index is -4.38. The van der Waals surface area contributed by atoms with Crippen LogP contribution in [-0.2, 0) is 0 Å². The Bertz CT molecular complexity index is 1330. The molecular formula is C27H29F5N6O2S. The van der Waals surface area contributed by atoms with Crippen LogP contribution < -0.4 is 26.2 Å². The van der Waals surface area contributed by atoms with Gasteiger partial charge >= 0.3 is 6.18 Å². The molecule has 2 atom stereocenters. The topological polar surface area (TPSA) is 100 Å². The number of rotatable bonds is 7. The van der Waals surface area contributed by atoms with E-state index in [9.17, 15) is 26.7 Å². The van der Waals surface area contributed by atoms with E-state index in [4.69, 9.17) is 4.74 Å². The monoisotopic (exact) mass is 596 g/mol. The standard InChI is InChI=1S/C25H23F5N6O2S.C2H6/c1-38-20-12-33-19(22(26)27)10-17(20)16-9-15(3-2-8-31-13-25(28,29)30)32-11-18(16)23(37)34-24-36-35-21(39-24)7-6-14-4-5-14;1-2/h9-12,14,21-22,24,31,35-36H,4-5,8,13H2,1H3,(H,34,37);1-2H3. The molecule has 1 amide bonds. The van der Waals surface area contributed by atoms with Crippen molar-refractivity contribution < 1.29 is 31.5 Å². The summed E-state index contributed by atoms with van der Waals surface area (Å²) in [5.74, 6) is 11.4. The van der Waals surface area contributed by atoms with Crippen molar-refractivity contribution in [3.63, 3.8) is 0 Å². The zero-order valence-corrected chi connectivity index (χ0v) is 23.3. The van der Waals surface area contributed by atoms with E-state index in [1.54, 1.807) is 0 Å². The number of methoxy groups -OCH3 is 1. The van der Waals surface area contributed by atoms with Crippen molar-refractivity contribution in [3.8, 4) is 40.6 Å². The first-order chi connectivity index (χ1) is 19.6. The Balaban J connectivity index is 0.00000226. The summed E-state index contributed by atoms with van der Waals surface area (Å²) in [6.07, 6.45) is -2.75. The average molecular weight is 597 g/mol. The van der Waals surface area contributed by atoms with Crippen LogP contribution >= 0.6 is 11.8 Å². The van der Waals surface area contributed by atoms with Gasteiger partial charge in [0.2, 0.25) is 0 Å². The van der Waals surface area contributed by atoms with E-state index in [0.29, 0.717) is 5.92 Å².